The van der Waals surface area contributed by atoms with E-state index in [9.17, 15) is 13.6 Å². The van der Waals surface area contributed by atoms with Crippen molar-refractivity contribution in [2.24, 2.45) is 0 Å². The van der Waals surface area contributed by atoms with Crippen LogP contribution in [0.2, 0.25) is 0 Å². The summed E-state index contributed by atoms with van der Waals surface area (Å²) in [4.78, 5) is 17.5. The van der Waals surface area contributed by atoms with Gasteiger partial charge in [0, 0.05) is 5.56 Å². The molecule has 0 aliphatic rings. The van der Waals surface area contributed by atoms with Crippen molar-refractivity contribution in [3.8, 4) is 22.8 Å². The molecule has 0 aliphatic heterocycles. The van der Waals surface area contributed by atoms with Crippen molar-refractivity contribution in [1.82, 2.24) is 19.9 Å². The molecule has 2 aromatic heterocycles. The number of aromatic nitrogens is 3. The van der Waals surface area contributed by atoms with Gasteiger partial charge in [0.05, 0.1) is 31.6 Å². The van der Waals surface area contributed by atoms with E-state index in [0.717, 1.165) is 15.8 Å². The molecule has 7 nitrogen and oxygen atoms in total. The van der Waals surface area contributed by atoms with Gasteiger partial charge in [-0.1, -0.05) is 12.1 Å². The van der Waals surface area contributed by atoms with Gasteiger partial charge in [-0.3, -0.25) is 4.79 Å². The van der Waals surface area contributed by atoms with Crippen LogP contribution in [0.3, 0.4) is 0 Å². The van der Waals surface area contributed by atoms with E-state index >= 15 is 0 Å². The van der Waals surface area contributed by atoms with Crippen LogP contribution in [0, 0.1) is 0 Å². The standard InChI is InChI=1S/C25H24F2N4O3/c1-4-34-19-11-5-16(6-12-19)15(2)29-25(32)20-14-28-31-22(23(26)27)13-21(30-24(20)31)17-7-9-18(33-3)10-8-17/h5-15,23H,4H2,1-3H3,(H,29,32). The molecule has 0 aliphatic carbocycles. The lowest BCUT2D eigenvalue weighted by atomic mass is 10.1. The maximum Gasteiger partial charge on any atom is 0.280 e. The molecule has 4 aromatic rings. The van der Waals surface area contributed by atoms with Gasteiger partial charge < -0.3 is 14.8 Å². The number of nitrogens with zero attached hydrogens (tertiary/aromatic N) is 3. The van der Waals surface area contributed by atoms with Crippen LogP contribution in [0.1, 0.15) is 47.9 Å². The van der Waals surface area contributed by atoms with Crippen LogP contribution in [0.15, 0.2) is 60.8 Å². The highest BCUT2D eigenvalue weighted by atomic mass is 19.3. The first kappa shape index (κ1) is 23.2. The Bertz CT molecular complexity index is 1290. The second-order valence-electron chi connectivity index (χ2n) is 7.59. The molecule has 1 unspecified atom stereocenters. The zero-order chi connectivity index (χ0) is 24.2. The number of amides is 1. The third-order valence-corrected chi connectivity index (χ3v) is 5.39. The second kappa shape index (κ2) is 9.86. The number of rotatable bonds is 8. The zero-order valence-corrected chi connectivity index (χ0v) is 19.0. The topological polar surface area (TPSA) is 77.8 Å². The Morgan fingerprint density at radius 1 is 1.09 bits per heavy atom. The van der Waals surface area contributed by atoms with E-state index in [1.807, 2.05) is 38.1 Å². The van der Waals surface area contributed by atoms with E-state index in [1.165, 1.54) is 12.3 Å². The summed E-state index contributed by atoms with van der Waals surface area (Å²) in [6, 6.07) is 15.2. The Morgan fingerprint density at radius 3 is 2.38 bits per heavy atom. The molecule has 176 valence electrons. The van der Waals surface area contributed by atoms with Gasteiger partial charge in [-0.25, -0.2) is 18.3 Å². The van der Waals surface area contributed by atoms with Crippen molar-refractivity contribution in [1.29, 1.82) is 0 Å². The average Bonchev–Trinajstić information content (AvgIpc) is 3.28. The summed E-state index contributed by atoms with van der Waals surface area (Å²) in [6.07, 6.45) is -1.55. The number of hydrogen-bond donors (Lipinski definition) is 1. The first-order valence-electron chi connectivity index (χ1n) is 10.8. The predicted molar refractivity (Wildman–Crippen MR) is 123 cm³/mol. The van der Waals surface area contributed by atoms with Crippen LogP contribution in [0.5, 0.6) is 11.5 Å². The van der Waals surface area contributed by atoms with Crippen LogP contribution in [-0.4, -0.2) is 34.2 Å². The van der Waals surface area contributed by atoms with Crippen LogP contribution < -0.4 is 14.8 Å². The molecule has 1 N–H and O–H groups in total. The van der Waals surface area contributed by atoms with Crippen LogP contribution in [-0.2, 0) is 0 Å². The summed E-state index contributed by atoms with van der Waals surface area (Å²) in [6.45, 7) is 4.30. The number of halogens is 2. The fourth-order valence-electron chi connectivity index (χ4n) is 3.59. The maximum atomic E-state index is 13.8. The highest BCUT2D eigenvalue weighted by Gasteiger charge is 2.22. The minimum Gasteiger partial charge on any atom is -0.497 e. The van der Waals surface area contributed by atoms with Crippen LogP contribution in [0.4, 0.5) is 8.78 Å². The monoisotopic (exact) mass is 466 g/mol. The second-order valence-corrected chi connectivity index (χ2v) is 7.59. The molecular formula is C25H24F2N4O3. The van der Waals surface area contributed by atoms with Gasteiger partial charge in [0.1, 0.15) is 22.8 Å². The molecule has 0 bridgehead atoms. The lowest BCUT2D eigenvalue weighted by molar-refractivity contribution is 0.0941. The number of nitrogens with one attached hydrogen (secondary N) is 1. The fourth-order valence-corrected chi connectivity index (χ4v) is 3.59. The van der Waals surface area contributed by atoms with Gasteiger partial charge in [0.25, 0.3) is 12.3 Å². The Balaban J connectivity index is 1.66. The molecule has 1 atom stereocenters. The van der Waals surface area contributed by atoms with Crippen LogP contribution in [0.25, 0.3) is 16.9 Å². The maximum absolute atomic E-state index is 13.8. The SMILES string of the molecule is CCOc1ccc(C(C)NC(=O)c2cnn3c(C(F)F)cc(-c4ccc(OC)cc4)nc23)cc1. The van der Waals surface area contributed by atoms with Crippen molar-refractivity contribution >= 4 is 11.6 Å². The average molecular weight is 466 g/mol. The van der Waals surface area contributed by atoms with E-state index in [4.69, 9.17) is 9.47 Å². The summed E-state index contributed by atoms with van der Waals surface area (Å²) in [5.41, 5.74) is 1.60. The third-order valence-electron chi connectivity index (χ3n) is 5.39. The number of alkyl halides is 2. The molecule has 0 spiro atoms. The molecular weight excluding hydrogens is 442 g/mol. The Kier molecular flexibility index (Phi) is 6.72. The minimum atomic E-state index is -2.80. The highest BCUT2D eigenvalue weighted by Crippen LogP contribution is 2.28. The number of methoxy groups -OCH3 is 1. The quantitative estimate of drug-likeness (QED) is 0.385. The lowest BCUT2D eigenvalue weighted by Crippen LogP contribution is -2.26. The Hall–Kier alpha value is -4.01. The van der Waals surface area contributed by atoms with Gasteiger partial charge in [-0.2, -0.15) is 5.10 Å². The number of benzene rings is 2. The van der Waals surface area contributed by atoms with Gasteiger partial charge in [-0.15, -0.1) is 0 Å². The molecule has 2 heterocycles. The Labute approximate surface area is 195 Å². The molecule has 1 amide bonds. The van der Waals surface area contributed by atoms with Gasteiger partial charge >= 0.3 is 0 Å². The largest absolute Gasteiger partial charge is 0.497 e. The molecule has 0 fully saturated rings. The number of carbonyl (C=O) groups is 1. The van der Waals surface area contributed by atoms with Crippen LogP contribution >= 0.6 is 0 Å². The molecule has 4 rings (SSSR count). The van der Waals surface area contributed by atoms with Crippen molar-refractivity contribution < 1.29 is 23.0 Å². The highest BCUT2D eigenvalue weighted by molar-refractivity contribution is 6.00. The van der Waals surface area contributed by atoms with Gasteiger partial charge in [-0.05, 0) is 61.9 Å². The molecule has 0 saturated heterocycles. The molecule has 0 radical (unpaired) electrons. The first-order valence-corrected chi connectivity index (χ1v) is 10.8. The van der Waals surface area contributed by atoms with E-state index in [2.05, 4.69) is 15.4 Å². The summed E-state index contributed by atoms with van der Waals surface area (Å²) in [7, 11) is 1.54. The predicted octanol–water partition coefficient (Wildman–Crippen LogP) is 5.23. The van der Waals surface area contributed by atoms with Gasteiger partial charge in [0.15, 0.2) is 5.65 Å². The minimum absolute atomic E-state index is 0.0556. The first-order chi connectivity index (χ1) is 16.4. The normalized spacial score (nSPS) is 12.1. The zero-order valence-electron chi connectivity index (χ0n) is 19.0. The number of fused-ring (bicyclic) bond motifs is 1. The van der Waals surface area contributed by atoms with Gasteiger partial charge in [0.2, 0.25) is 0 Å². The third kappa shape index (κ3) is 4.68. The van der Waals surface area contributed by atoms with Crippen molar-refractivity contribution in [3.05, 3.63) is 77.6 Å². The number of carbonyl (C=O) groups excluding carboxylic acids is 1. The van der Waals surface area contributed by atoms with Crippen molar-refractivity contribution in [3.63, 3.8) is 0 Å². The van der Waals surface area contributed by atoms with E-state index in [1.54, 1.807) is 31.4 Å². The van der Waals surface area contributed by atoms with E-state index in [-0.39, 0.29) is 22.9 Å². The lowest BCUT2D eigenvalue weighted by Gasteiger charge is -2.15. The summed E-state index contributed by atoms with van der Waals surface area (Å²) in [5, 5.41) is 6.90. The molecule has 0 saturated carbocycles. The van der Waals surface area contributed by atoms with Crippen molar-refractivity contribution in [2.75, 3.05) is 13.7 Å². The van der Waals surface area contributed by atoms with Crippen molar-refractivity contribution in [2.45, 2.75) is 26.3 Å². The summed E-state index contributed by atoms with van der Waals surface area (Å²) < 4.78 is 39.2. The molecule has 34 heavy (non-hydrogen) atoms. The molecule has 2 aromatic carbocycles. The summed E-state index contributed by atoms with van der Waals surface area (Å²) >= 11 is 0. The number of hydrogen-bond acceptors (Lipinski definition) is 5. The molecule has 9 heteroatoms. The number of ether oxygens (including phenoxy) is 2. The van der Waals surface area contributed by atoms with E-state index in [0.29, 0.717) is 23.6 Å². The Morgan fingerprint density at radius 2 is 1.76 bits per heavy atom. The van der Waals surface area contributed by atoms with E-state index < -0.39 is 12.3 Å². The smallest absolute Gasteiger partial charge is 0.280 e. The fraction of sp³-hybridized carbons (Fsp3) is 0.240. The summed E-state index contributed by atoms with van der Waals surface area (Å²) in [5.74, 6) is 0.907.